The first-order valence-corrected chi connectivity index (χ1v) is 10.3. The number of halogens is 5. The zero-order valence-corrected chi connectivity index (χ0v) is 18.3. The molecule has 0 aliphatic heterocycles. The van der Waals surface area contributed by atoms with Crippen molar-refractivity contribution in [1.82, 2.24) is 19.6 Å². The lowest BCUT2D eigenvalue weighted by Gasteiger charge is -2.08. The highest BCUT2D eigenvalue weighted by Gasteiger charge is 2.19. The van der Waals surface area contributed by atoms with E-state index >= 15 is 0 Å². The number of nitrogens with one attached hydrogen (secondary N) is 2. The normalized spacial score (nSPS) is 10.9. The van der Waals surface area contributed by atoms with Crippen molar-refractivity contribution in [3.05, 3.63) is 94.4 Å². The number of anilines is 2. The lowest BCUT2D eigenvalue weighted by Crippen LogP contribution is -2.19. The minimum Gasteiger partial charge on any atom is -0.330 e. The van der Waals surface area contributed by atoms with Gasteiger partial charge in [-0.2, -0.15) is 10.2 Å². The van der Waals surface area contributed by atoms with E-state index in [9.17, 15) is 17.6 Å². The van der Waals surface area contributed by atoms with Crippen LogP contribution in [0.2, 0.25) is 5.02 Å². The van der Waals surface area contributed by atoms with Gasteiger partial charge in [0.15, 0.2) is 28.4 Å². The molecule has 4 rings (SSSR count). The lowest BCUT2D eigenvalue weighted by atomic mass is 10.2. The van der Waals surface area contributed by atoms with Gasteiger partial charge >= 0.3 is 0 Å². The molecule has 2 aromatic carbocycles. The standard InChI is InChI=1S/C21H15ClF4N6S/c22-15-4-2-1-3-12(15)9-31-6-5-18(30-31)29-21(33)28-13-8-27-32(10-13)11-14-16(23)7-17(24)20(26)19(14)25/h1-8,10H,9,11H2,(H2,28,29,30,33). The molecule has 2 N–H and O–H groups in total. The zero-order valence-electron chi connectivity index (χ0n) is 16.7. The molecule has 0 aliphatic rings. The number of hydrogen-bond acceptors (Lipinski definition) is 3. The molecule has 4 aromatic rings. The van der Waals surface area contributed by atoms with Crippen molar-refractivity contribution in [2.24, 2.45) is 0 Å². The smallest absolute Gasteiger partial charge is 0.194 e. The molecule has 170 valence electrons. The Kier molecular flexibility index (Phi) is 6.61. The van der Waals surface area contributed by atoms with Crippen molar-refractivity contribution < 1.29 is 17.6 Å². The Morgan fingerprint density at radius 2 is 1.76 bits per heavy atom. The van der Waals surface area contributed by atoms with E-state index in [4.69, 9.17) is 23.8 Å². The third-order valence-corrected chi connectivity index (χ3v) is 5.17. The van der Waals surface area contributed by atoms with E-state index in [-0.39, 0.29) is 5.11 Å². The molecule has 0 amide bonds. The van der Waals surface area contributed by atoms with Gasteiger partial charge in [-0.3, -0.25) is 9.36 Å². The summed E-state index contributed by atoms with van der Waals surface area (Å²) in [5.41, 5.74) is 0.676. The molecule has 0 saturated heterocycles. The molecule has 0 radical (unpaired) electrons. The number of nitrogens with zero attached hydrogens (tertiary/aromatic N) is 4. The van der Waals surface area contributed by atoms with Crippen LogP contribution < -0.4 is 10.6 Å². The SMILES string of the molecule is Fc1cc(F)c(Cn2cc(NC(=S)Nc3ccn(Cc4ccccc4Cl)n3)cn2)c(F)c1F. The van der Waals surface area contributed by atoms with E-state index in [1.54, 1.807) is 23.0 Å². The van der Waals surface area contributed by atoms with Crippen LogP contribution in [0.25, 0.3) is 0 Å². The van der Waals surface area contributed by atoms with Crippen LogP contribution >= 0.6 is 23.8 Å². The first-order valence-electron chi connectivity index (χ1n) is 9.49. The van der Waals surface area contributed by atoms with Crippen molar-refractivity contribution in [2.45, 2.75) is 13.1 Å². The second-order valence-corrected chi connectivity index (χ2v) is 7.76. The Labute approximate surface area is 195 Å². The largest absolute Gasteiger partial charge is 0.330 e. The summed E-state index contributed by atoms with van der Waals surface area (Å²) in [7, 11) is 0. The maximum absolute atomic E-state index is 13.9. The summed E-state index contributed by atoms with van der Waals surface area (Å²) in [6, 6.07) is 9.45. The van der Waals surface area contributed by atoms with E-state index < -0.39 is 35.4 Å². The first kappa shape index (κ1) is 22.7. The summed E-state index contributed by atoms with van der Waals surface area (Å²) in [6.45, 7) is 0.0363. The van der Waals surface area contributed by atoms with Crippen LogP contribution in [0.4, 0.5) is 29.1 Å². The van der Waals surface area contributed by atoms with Crippen LogP contribution in [0.3, 0.4) is 0 Å². The molecule has 0 spiro atoms. The van der Waals surface area contributed by atoms with Crippen molar-refractivity contribution in [1.29, 1.82) is 0 Å². The summed E-state index contributed by atoms with van der Waals surface area (Å²) >= 11 is 11.4. The number of hydrogen-bond donors (Lipinski definition) is 2. The van der Waals surface area contributed by atoms with Gasteiger partial charge in [-0.15, -0.1) is 0 Å². The molecule has 2 heterocycles. The van der Waals surface area contributed by atoms with Crippen molar-refractivity contribution in [3.8, 4) is 0 Å². The average Bonchev–Trinajstić information content (AvgIpc) is 3.40. The summed E-state index contributed by atoms with van der Waals surface area (Å²) in [5.74, 6) is -5.65. The molecule has 0 unspecified atom stereocenters. The minimum atomic E-state index is -1.74. The fraction of sp³-hybridized carbons (Fsp3) is 0.0952. The van der Waals surface area contributed by atoms with Gasteiger partial charge in [-0.1, -0.05) is 29.8 Å². The molecule has 12 heteroatoms. The number of thiocarbonyl (C=S) groups is 1. The van der Waals surface area contributed by atoms with Gasteiger partial charge in [-0.05, 0) is 23.8 Å². The van der Waals surface area contributed by atoms with E-state index in [0.717, 1.165) is 10.2 Å². The van der Waals surface area contributed by atoms with E-state index in [1.165, 1.54) is 12.4 Å². The molecular formula is C21H15ClF4N6S. The van der Waals surface area contributed by atoms with Crippen LogP contribution in [0.5, 0.6) is 0 Å². The molecule has 6 nitrogen and oxygen atoms in total. The van der Waals surface area contributed by atoms with E-state index in [1.807, 2.05) is 18.2 Å². The van der Waals surface area contributed by atoms with Gasteiger partial charge in [0.05, 0.1) is 25.0 Å². The summed E-state index contributed by atoms with van der Waals surface area (Å²) < 4.78 is 57.1. The maximum atomic E-state index is 13.9. The number of aromatic nitrogens is 4. The van der Waals surface area contributed by atoms with Crippen LogP contribution in [0, 0.1) is 23.3 Å². The Balaban J connectivity index is 1.37. The molecule has 0 atom stereocenters. The Morgan fingerprint density at radius 1 is 0.970 bits per heavy atom. The van der Waals surface area contributed by atoms with Crippen molar-refractivity contribution in [3.63, 3.8) is 0 Å². The minimum absolute atomic E-state index is 0.197. The molecule has 0 saturated carbocycles. The highest BCUT2D eigenvalue weighted by molar-refractivity contribution is 7.80. The summed E-state index contributed by atoms with van der Waals surface area (Å²) in [4.78, 5) is 0. The lowest BCUT2D eigenvalue weighted by molar-refractivity contribution is 0.420. The van der Waals surface area contributed by atoms with Crippen LogP contribution in [0.15, 0.2) is 55.0 Å². The van der Waals surface area contributed by atoms with Crippen molar-refractivity contribution >= 4 is 40.4 Å². The van der Waals surface area contributed by atoms with E-state index in [0.29, 0.717) is 29.1 Å². The fourth-order valence-corrected chi connectivity index (χ4v) is 3.44. The number of benzene rings is 2. The van der Waals surface area contributed by atoms with Gasteiger partial charge in [-0.25, -0.2) is 17.6 Å². The average molecular weight is 495 g/mol. The second-order valence-electron chi connectivity index (χ2n) is 6.94. The predicted molar refractivity (Wildman–Crippen MR) is 120 cm³/mol. The molecule has 33 heavy (non-hydrogen) atoms. The van der Waals surface area contributed by atoms with Gasteiger partial charge in [0, 0.05) is 35.1 Å². The maximum Gasteiger partial charge on any atom is 0.194 e. The fourth-order valence-electron chi connectivity index (χ4n) is 3.02. The first-order chi connectivity index (χ1) is 15.8. The van der Waals surface area contributed by atoms with Gasteiger partial charge in [0.2, 0.25) is 0 Å². The molecule has 2 aromatic heterocycles. The van der Waals surface area contributed by atoms with Crippen molar-refractivity contribution in [2.75, 3.05) is 10.6 Å². The Morgan fingerprint density at radius 3 is 2.55 bits per heavy atom. The Hall–Kier alpha value is -3.44. The summed E-state index contributed by atoms with van der Waals surface area (Å²) in [6.07, 6.45) is 4.53. The second kappa shape index (κ2) is 9.59. The quantitative estimate of drug-likeness (QED) is 0.167. The third-order valence-electron chi connectivity index (χ3n) is 4.59. The van der Waals surface area contributed by atoms with Gasteiger partial charge < -0.3 is 10.6 Å². The van der Waals surface area contributed by atoms with Gasteiger partial charge in [0.1, 0.15) is 5.82 Å². The number of rotatable bonds is 6. The van der Waals surface area contributed by atoms with E-state index in [2.05, 4.69) is 20.8 Å². The predicted octanol–water partition coefficient (Wildman–Crippen LogP) is 5.19. The highest BCUT2D eigenvalue weighted by atomic mass is 35.5. The molecule has 0 bridgehead atoms. The Bertz CT molecular complexity index is 1320. The third kappa shape index (κ3) is 5.32. The molecule has 0 fully saturated rings. The van der Waals surface area contributed by atoms with Crippen LogP contribution in [0.1, 0.15) is 11.1 Å². The zero-order chi connectivity index (χ0) is 23.5. The topological polar surface area (TPSA) is 59.7 Å². The highest BCUT2D eigenvalue weighted by Crippen LogP contribution is 2.21. The van der Waals surface area contributed by atoms with Gasteiger partial charge in [0.25, 0.3) is 0 Å². The van der Waals surface area contributed by atoms with Crippen LogP contribution in [-0.4, -0.2) is 24.7 Å². The van der Waals surface area contributed by atoms with Crippen LogP contribution in [-0.2, 0) is 13.1 Å². The summed E-state index contributed by atoms with van der Waals surface area (Å²) in [5, 5.41) is 14.9. The monoisotopic (exact) mass is 494 g/mol. The molecule has 0 aliphatic carbocycles. The molecular weight excluding hydrogens is 480 g/mol.